The standard InChI is InChI=1S/C13H13N7O/c1-20(8-11-14-5-6-15-11)13(21)10-4-2-3-9(7-10)12-16-18-19-17-12/h2-7H,8H2,1H3,(H,14,15)(H,16,17,18,19). The summed E-state index contributed by atoms with van der Waals surface area (Å²) in [5, 5.41) is 13.7. The Balaban J connectivity index is 1.80. The summed E-state index contributed by atoms with van der Waals surface area (Å²) in [5.74, 6) is 1.09. The zero-order valence-electron chi connectivity index (χ0n) is 11.3. The average Bonchev–Trinajstić information content (AvgIpc) is 3.20. The Kier molecular flexibility index (Phi) is 3.42. The van der Waals surface area contributed by atoms with Crippen LogP contribution in [0.2, 0.25) is 0 Å². The molecule has 0 radical (unpaired) electrons. The van der Waals surface area contributed by atoms with E-state index in [1.165, 1.54) is 0 Å². The number of hydrogen-bond donors (Lipinski definition) is 2. The maximum Gasteiger partial charge on any atom is 0.254 e. The van der Waals surface area contributed by atoms with Gasteiger partial charge in [0, 0.05) is 30.6 Å². The Morgan fingerprint density at radius 1 is 1.38 bits per heavy atom. The van der Waals surface area contributed by atoms with Gasteiger partial charge in [-0.3, -0.25) is 4.79 Å². The van der Waals surface area contributed by atoms with Crippen molar-refractivity contribution in [3.63, 3.8) is 0 Å². The zero-order chi connectivity index (χ0) is 14.7. The summed E-state index contributed by atoms with van der Waals surface area (Å²) in [4.78, 5) is 21.1. The molecular weight excluding hydrogens is 270 g/mol. The fraction of sp³-hybridized carbons (Fsp3) is 0.154. The van der Waals surface area contributed by atoms with Crippen LogP contribution in [-0.2, 0) is 6.54 Å². The Morgan fingerprint density at radius 3 is 3.00 bits per heavy atom. The molecule has 2 N–H and O–H groups in total. The third-order valence-electron chi connectivity index (χ3n) is 3.00. The first-order chi connectivity index (χ1) is 10.2. The monoisotopic (exact) mass is 283 g/mol. The molecule has 0 saturated heterocycles. The molecule has 1 amide bonds. The number of imidazole rings is 1. The number of hydrogen-bond acceptors (Lipinski definition) is 5. The minimum Gasteiger partial charge on any atom is -0.347 e. The van der Waals surface area contributed by atoms with Crippen LogP contribution in [0.4, 0.5) is 0 Å². The third-order valence-corrected chi connectivity index (χ3v) is 3.00. The highest BCUT2D eigenvalue weighted by Crippen LogP contribution is 2.16. The van der Waals surface area contributed by atoms with Crippen molar-refractivity contribution in [1.82, 2.24) is 35.5 Å². The van der Waals surface area contributed by atoms with Crippen LogP contribution in [-0.4, -0.2) is 48.4 Å². The molecule has 8 heteroatoms. The van der Waals surface area contributed by atoms with Gasteiger partial charge >= 0.3 is 0 Å². The van der Waals surface area contributed by atoms with Crippen molar-refractivity contribution >= 4 is 5.91 Å². The molecule has 0 bridgehead atoms. The lowest BCUT2D eigenvalue weighted by atomic mass is 10.1. The molecule has 0 fully saturated rings. The highest BCUT2D eigenvalue weighted by molar-refractivity contribution is 5.95. The number of nitrogens with one attached hydrogen (secondary N) is 2. The van der Waals surface area contributed by atoms with Gasteiger partial charge < -0.3 is 9.88 Å². The molecule has 0 unspecified atom stereocenters. The van der Waals surface area contributed by atoms with Crippen molar-refractivity contribution < 1.29 is 4.79 Å². The topological polar surface area (TPSA) is 103 Å². The molecule has 0 aliphatic heterocycles. The number of aromatic amines is 2. The molecule has 21 heavy (non-hydrogen) atoms. The Morgan fingerprint density at radius 2 is 2.29 bits per heavy atom. The first-order valence-electron chi connectivity index (χ1n) is 6.31. The van der Waals surface area contributed by atoms with E-state index in [9.17, 15) is 4.79 Å². The van der Waals surface area contributed by atoms with Gasteiger partial charge in [-0.25, -0.2) is 4.98 Å². The van der Waals surface area contributed by atoms with E-state index in [1.54, 1.807) is 42.5 Å². The fourth-order valence-electron chi connectivity index (χ4n) is 1.98. The number of carbonyl (C=O) groups is 1. The highest BCUT2D eigenvalue weighted by Gasteiger charge is 2.14. The van der Waals surface area contributed by atoms with Crippen LogP contribution in [0.25, 0.3) is 11.4 Å². The summed E-state index contributed by atoms with van der Waals surface area (Å²) in [6.45, 7) is 0.415. The van der Waals surface area contributed by atoms with Crippen LogP contribution in [0.1, 0.15) is 16.2 Å². The van der Waals surface area contributed by atoms with E-state index in [0.29, 0.717) is 17.9 Å². The smallest absolute Gasteiger partial charge is 0.254 e. The normalized spacial score (nSPS) is 10.5. The lowest BCUT2D eigenvalue weighted by Gasteiger charge is -2.16. The maximum absolute atomic E-state index is 12.4. The molecule has 0 aliphatic carbocycles. The summed E-state index contributed by atoms with van der Waals surface area (Å²) in [5.41, 5.74) is 1.30. The molecule has 0 aliphatic rings. The first-order valence-corrected chi connectivity index (χ1v) is 6.31. The largest absolute Gasteiger partial charge is 0.347 e. The van der Waals surface area contributed by atoms with Gasteiger partial charge in [0.15, 0.2) is 0 Å². The van der Waals surface area contributed by atoms with E-state index < -0.39 is 0 Å². The van der Waals surface area contributed by atoms with Gasteiger partial charge in [0.2, 0.25) is 5.82 Å². The van der Waals surface area contributed by atoms with E-state index in [1.807, 2.05) is 6.07 Å². The van der Waals surface area contributed by atoms with Crippen molar-refractivity contribution in [2.24, 2.45) is 0 Å². The average molecular weight is 283 g/mol. The number of rotatable bonds is 4. The van der Waals surface area contributed by atoms with Crippen LogP contribution in [0.5, 0.6) is 0 Å². The van der Waals surface area contributed by atoms with E-state index in [-0.39, 0.29) is 5.91 Å². The number of amides is 1. The molecular formula is C13H13N7O. The van der Waals surface area contributed by atoms with Gasteiger partial charge in [-0.2, -0.15) is 5.21 Å². The van der Waals surface area contributed by atoms with Gasteiger partial charge in [0.25, 0.3) is 5.91 Å². The summed E-state index contributed by atoms with van der Waals surface area (Å²) >= 11 is 0. The van der Waals surface area contributed by atoms with Crippen molar-refractivity contribution in [3.05, 3.63) is 48.0 Å². The van der Waals surface area contributed by atoms with E-state index in [2.05, 4.69) is 30.6 Å². The predicted octanol–water partition coefficient (Wildman–Crippen LogP) is 0.862. The van der Waals surface area contributed by atoms with Crippen molar-refractivity contribution in [3.8, 4) is 11.4 Å². The molecule has 3 rings (SSSR count). The molecule has 0 saturated carbocycles. The summed E-state index contributed by atoms with van der Waals surface area (Å²) < 4.78 is 0. The quantitative estimate of drug-likeness (QED) is 0.739. The molecule has 3 aromatic rings. The molecule has 2 aromatic heterocycles. The minimum atomic E-state index is -0.100. The van der Waals surface area contributed by atoms with Gasteiger partial charge in [-0.15, -0.1) is 10.2 Å². The lowest BCUT2D eigenvalue weighted by molar-refractivity contribution is 0.0782. The maximum atomic E-state index is 12.4. The van der Waals surface area contributed by atoms with E-state index in [0.717, 1.165) is 11.4 Å². The van der Waals surface area contributed by atoms with Crippen LogP contribution < -0.4 is 0 Å². The summed E-state index contributed by atoms with van der Waals surface area (Å²) in [6.07, 6.45) is 3.38. The number of carbonyl (C=O) groups excluding carboxylic acids is 1. The van der Waals surface area contributed by atoms with E-state index in [4.69, 9.17) is 0 Å². The first kappa shape index (κ1) is 13.0. The summed E-state index contributed by atoms with van der Waals surface area (Å²) in [7, 11) is 1.73. The second kappa shape index (κ2) is 5.53. The number of aromatic nitrogens is 6. The van der Waals surface area contributed by atoms with Crippen molar-refractivity contribution in [1.29, 1.82) is 0 Å². The Bertz CT molecular complexity index is 721. The van der Waals surface area contributed by atoms with Crippen LogP contribution in [0.3, 0.4) is 0 Å². The molecule has 0 atom stereocenters. The van der Waals surface area contributed by atoms with E-state index >= 15 is 0 Å². The van der Waals surface area contributed by atoms with Gasteiger partial charge in [0.05, 0.1) is 6.54 Å². The summed E-state index contributed by atoms with van der Waals surface area (Å²) in [6, 6.07) is 7.12. The van der Waals surface area contributed by atoms with Crippen molar-refractivity contribution in [2.75, 3.05) is 7.05 Å². The Hall–Kier alpha value is -3.03. The SMILES string of the molecule is CN(Cc1ncc[nH]1)C(=O)c1cccc(-c2nn[nH]n2)c1. The van der Waals surface area contributed by atoms with Crippen LogP contribution >= 0.6 is 0 Å². The predicted molar refractivity (Wildman–Crippen MR) is 74.0 cm³/mol. The molecule has 106 valence electrons. The Labute approximate surface area is 120 Å². The third kappa shape index (κ3) is 2.78. The molecule has 1 aromatic carbocycles. The molecule has 8 nitrogen and oxygen atoms in total. The zero-order valence-corrected chi connectivity index (χ0v) is 11.3. The number of H-pyrrole nitrogens is 2. The highest BCUT2D eigenvalue weighted by atomic mass is 16.2. The van der Waals surface area contributed by atoms with Crippen molar-refractivity contribution in [2.45, 2.75) is 6.54 Å². The number of tetrazole rings is 1. The van der Waals surface area contributed by atoms with Gasteiger partial charge in [-0.1, -0.05) is 12.1 Å². The minimum absolute atomic E-state index is 0.100. The molecule has 2 heterocycles. The molecule has 0 spiro atoms. The van der Waals surface area contributed by atoms with Crippen LogP contribution in [0.15, 0.2) is 36.7 Å². The number of benzene rings is 1. The second-order valence-electron chi connectivity index (χ2n) is 4.51. The van der Waals surface area contributed by atoms with Crippen LogP contribution in [0, 0.1) is 0 Å². The second-order valence-corrected chi connectivity index (χ2v) is 4.51. The van der Waals surface area contributed by atoms with Gasteiger partial charge in [0.1, 0.15) is 5.82 Å². The lowest BCUT2D eigenvalue weighted by Crippen LogP contribution is -2.26. The number of nitrogens with zero attached hydrogens (tertiary/aromatic N) is 5. The fourth-order valence-corrected chi connectivity index (χ4v) is 1.98. The van der Waals surface area contributed by atoms with Gasteiger partial charge in [-0.05, 0) is 17.3 Å².